The van der Waals surface area contributed by atoms with E-state index in [0.29, 0.717) is 0 Å². The molecular weight excluding hydrogens is 621 g/mol. The van der Waals surface area contributed by atoms with Crippen molar-refractivity contribution < 1.29 is 0 Å². The molecule has 10 aromatic rings. The Labute approximate surface area is 294 Å². The minimum atomic E-state index is -0.115. The molecule has 3 heterocycles. The van der Waals surface area contributed by atoms with Gasteiger partial charge in [0, 0.05) is 38.2 Å². The van der Waals surface area contributed by atoms with Crippen molar-refractivity contribution in [3.05, 3.63) is 169 Å². The lowest BCUT2D eigenvalue weighted by Crippen LogP contribution is -2.15. The van der Waals surface area contributed by atoms with Crippen LogP contribution in [0.2, 0.25) is 0 Å². The average Bonchev–Trinajstić information content (AvgIpc) is 3.78. The molecule has 0 saturated heterocycles. The molecule has 7 aromatic carbocycles. The van der Waals surface area contributed by atoms with Gasteiger partial charge in [0.1, 0.15) is 5.69 Å². The van der Waals surface area contributed by atoms with E-state index in [4.69, 9.17) is 9.97 Å². The van der Waals surface area contributed by atoms with Crippen molar-refractivity contribution in [3.63, 3.8) is 0 Å². The lowest BCUT2D eigenvalue weighted by Gasteiger charge is -2.22. The number of nitrogens with zero attached hydrogens (tertiary/aromatic N) is 4. The number of hydrogen-bond acceptors (Lipinski definition) is 2. The fourth-order valence-electron chi connectivity index (χ4n) is 8.76. The average molecular weight is 653 g/mol. The van der Waals surface area contributed by atoms with Gasteiger partial charge in [0.25, 0.3) is 0 Å². The van der Waals surface area contributed by atoms with Gasteiger partial charge in [-0.2, -0.15) is 0 Å². The van der Waals surface area contributed by atoms with Crippen LogP contribution in [0.5, 0.6) is 0 Å². The van der Waals surface area contributed by atoms with Gasteiger partial charge in [-0.05, 0) is 58.7 Å². The Hall–Kier alpha value is -6.52. The van der Waals surface area contributed by atoms with E-state index in [1.165, 1.54) is 49.3 Å². The number of fused-ring (bicyclic) bond motifs is 11. The molecule has 4 heteroatoms. The Balaban J connectivity index is 1.31. The van der Waals surface area contributed by atoms with Crippen molar-refractivity contribution >= 4 is 54.6 Å². The molecule has 0 aliphatic heterocycles. The molecule has 0 spiro atoms. The molecular formula is C47H32N4. The lowest BCUT2D eigenvalue weighted by molar-refractivity contribution is 0.660. The van der Waals surface area contributed by atoms with Crippen LogP contribution in [0.4, 0.5) is 0 Å². The first-order valence-electron chi connectivity index (χ1n) is 17.6. The molecule has 0 N–H and O–H groups in total. The highest BCUT2D eigenvalue weighted by atomic mass is 15.1. The molecule has 0 amide bonds. The van der Waals surface area contributed by atoms with Gasteiger partial charge in [-0.1, -0.05) is 135 Å². The third kappa shape index (κ3) is 3.85. The van der Waals surface area contributed by atoms with Gasteiger partial charge in [-0.3, -0.25) is 4.57 Å². The van der Waals surface area contributed by atoms with Gasteiger partial charge in [0.05, 0.1) is 33.1 Å². The SMILES string of the molecule is CC1(C)c2ccccc2-c2ccc(-n3c4ccccc4c4ccc5c6ccccc6n(-c6nc7ccccc7nc6-c6ccccc6)c5c43)cc21. The summed E-state index contributed by atoms with van der Waals surface area (Å²) in [4.78, 5) is 10.7. The molecule has 0 saturated carbocycles. The summed E-state index contributed by atoms with van der Waals surface area (Å²) >= 11 is 0. The molecule has 0 unspecified atom stereocenters. The van der Waals surface area contributed by atoms with Crippen LogP contribution in [0.25, 0.3) is 88.5 Å². The van der Waals surface area contributed by atoms with Crippen molar-refractivity contribution in [1.29, 1.82) is 0 Å². The predicted octanol–water partition coefficient (Wildman–Crippen LogP) is 11.8. The second kappa shape index (κ2) is 10.3. The highest BCUT2D eigenvalue weighted by Gasteiger charge is 2.35. The summed E-state index contributed by atoms with van der Waals surface area (Å²) in [6, 6.07) is 56.7. The van der Waals surface area contributed by atoms with E-state index in [0.717, 1.165) is 50.3 Å². The molecule has 0 bridgehead atoms. The Morgan fingerprint density at radius 1 is 0.451 bits per heavy atom. The van der Waals surface area contributed by atoms with Crippen LogP contribution in [0, 0.1) is 0 Å². The quantitative estimate of drug-likeness (QED) is 0.190. The predicted molar refractivity (Wildman–Crippen MR) is 211 cm³/mol. The second-order valence-corrected chi connectivity index (χ2v) is 14.2. The van der Waals surface area contributed by atoms with Crippen LogP contribution in [0.15, 0.2) is 158 Å². The zero-order valence-corrected chi connectivity index (χ0v) is 28.3. The maximum Gasteiger partial charge on any atom is 0.165 e. The van der Waals surface area contributed by atoms with E-state index < -0.39 is 0 Å². The number of para-hydroxylation sites is 4. The topological polar surface area (TPSA) is 35.6 Å². The Bertz CT molecular complexity index is 3050. The third-order valence-electron chi connectivity index (χ3n) is 11.1. The van der Waals surface area contributed by atoms with E-state index in [1.807, 2.05) is 18.2 Å². The lowest BCUT2D eigenvalue weighted by atomic mass is 9.82. The van der Waals surface area contributed by atoms with Crippen molar-refractivity contribution in [2.75, 3.05) is 0 Å². The minimum absolute atomic E-state index is 0.115. The summed E-state index contributed by atoms with van der Waals surface area (Å²) in [6.45, 7) is 4.71. The smallest absolute Gasteiger partial charge is 0.165 e. The van der Waals surface area contributed by atoms with Gasteiger partial charge >= 0.3 is 0 Å². The van der Waals surface area contributed by atoms with Gasteiger partial charge in [0.2, 0.25) is 0 Å². The standard InChI is InChI=1S/C47H32N4/c1-47(2)37-19-9-6-16-31(37)32-25-24-30(28-38(32)47)50-41-22-12-7-17-33(41)35-26-27-36-34-18-8-13-23-42(34)51(45(36)44(35)50)46-43(29-14-4-3-5-15-29)48-39-20-10-11-21-40(39)49-46/h3-28H,1-2H3. The van der Waals surface area contributed by atoms with Crippen molar-refractivity contribution in [3.8, 4) is 33.9 Å². The summed E-state index contributed by atoms with van der Waals surface area (Å²) in [5, 5.41) is 4.80. The molecule has 51 heavy (non-hydrogen) atoms. The van der Waals surface area contributed by atoms with Gasteiger partial charge < -0.3 is 4.57 Å². The maximum atomic E-state index is 5.44. The molecule has 240 valence electrons. The van der Waals surface area contributed by atoms with Crippen LogP contribution in [-0.2, 0) is 5.41 Å². The van der Waals surface area contributed by atoms with Crippen molar-refractivity contribution in [2.24, 2.45) is 0 Å². The van der Waals surface area contributed by atoms with Gasteiger partial charge in [0.15, 0.2) is 5.82 Å². The summed E-state index contributed by atoms with van der Waals surface area (Å²) in [6.07, 6.45) is 0. The van der Waals surface area contributed by atoms with Gasteiger partial charge in [-0.15, -0.1) is 0 Å². The zero-order valence-electron chi connectivity index (χ0n) is 28.3. The highest BCUT2D eigenvalue weighted by Crippen LogP contribution is 2.50. The minimum Gasteiger partial charge on any atom is -0.307 e. The number of hydrogen-bond donors (Lipinski definition) is 0. The molecule has 0 atom stereocenters. The fourth-order valence-corrected chi connectivity index (χ4v) is 8.76. The monoisotopic (exact) mass is 652 g/mol. The van der Waals surface area contributed by atoms with Crippen LogP contribution in [0.3, 0.4) is 0 Å². The molecule has 0 fully saturated rings. The van der Waals surface area contributed by atoms with Crippen LogP contribution in [0.1, 0.15) is 25.0 Å². The molecule has 1 aliphatic rings. The largest absolute Gasteiger partial charge is 0.307 e. The fraction of sp³-hybridized carbons (Fsp3) is 0.0638. The van der Waals surface area contributed by atoms with E-state index in [-0.39, 0.29) is 5.41 Å². The Morgan fingerprint density at radius 3 is 1.76 bits per heavy atom. The van der Waals surface area contributed by atoms with Crippen molar-refractivity contribution in [2.45, 2.75) is 19.3 Å². The van der Waals surface area contributed by atoms with Crippen LogP contribution < -0.4 is 0 Å². The highest BCUT2D eigenvalue weighted by molar-refractivity contribution is 6.24. The summed E-state index contributed by atoms with van der Waals surface area (Å²) in [7, 11) is 0. The maximum absolute atomic E-state index is 5.44. The number of aromatic nitrogens is 4. The summed E-state index contributed by atoms with van der Waals surface area (Å²) in [5.41, 5.74) is 14.6. The van der Waals surface area contributed by atoms with E-state index in [1.54, 1.807) is 0 Å². The molecule has 4 nitrogen and oxygen atoms in total. The second-order valence-electron chi connectivity index (χ2n) is 14.2. The third-order valence-corrected chi connectivity index (χ3v) is 11.1. The first-order valence-corrected chi connectivity index (χ1v) is 17.6. The van der Waals surface area contributed by atoms with Crippen LogP contribution in [-0.4, -0.2) is 19.1 Å². The summed E-state index contributed by atoms with van der Waals surface area (Å²) in [5.74, 6) is 0.820. The molecule has 3 aromatic heterocycles. The first kappa shape index (κ1) is 28.3. The normalized spacial score (nSPS) is 13.5. The van der Waals surface area contributed by atoms with E-state index in [9.17, 15) is 0 Å². The molecule has 11 rings (SSSR count). The van der Waals surface area contributed by atoms with E-state index in [2.05, 4.69) is 163 Å². The van der Waals surface area contributed by atoms with Crippen molar-refractivity contribution in [1.82, 2.24) is 19.1 Å². The number of rotatable bonds is 3. The van der Waals surface area contributed by atoms with Crippen LogP contribution >= 0.6 is 0 Å². The Kier molecular flexibility index (Phi) is 5.70. The zero-order chi connectivity index (χ0) is 33.8. The molecule has 1 aliphatic carbocycles. The summed E-state index contributed by atoms with van der Waals surface area (Å²) < 4.78 is 4.86. The Morgan fingerprint density at radius 2 is 1.02 bits per heavy atom. The first-order chi connectivity index (χ1) is 25.1. The molecule has 0 radical (unpaired) electrons. The van der Waals surface area contributed by atoms with E-state index >= 15 is 0 Å². The van der Waals surface area contributed by atoms with Gasteiger partial charge in [-0.25, -0.2) is 9.97 Å². The number of benzene rings is 7.